The first-order chi connectivity index (χ1) is 15.5. The summed E-state index contributed by atoms with van der Waals surface area (Å²) in [6.07, 6.45) is 1.08. The maximum atomic E-state index is 14.3. The number of carbonyl (C=O) groups excluding carboxylic acids is 1. The number of hydrogen-bond donors (Lipinski definition) is 3. The molecule has 0 bridgehead atoms. The van der Waals surface area contributed by atoms with Gasteiger partial charge in [-0.3, -0.25) is 4.79 Å². The molecule has 32 heavy (non-hydrogen) atoms. The van der Waals surface area contributed by atoms with Gasteiger partial charge in [-0.25, -0.2) is 9.37 Å². The van der Waals surface area contributed by atoms with E-state index in [0.717, 1.165) is 11.8 Å². The van der Waals surface area contributed by atoms with Gasteiger partial charge < -0.3 is 30.2 Å². The van der Waals surface area contributed by atoms with Crippen LogP contribution in [0.4, 0.5) is 27.5 Å². The fourth-order valence-corrected chi connectivity index (χ4v) is 2.95. The predicted molar refractivity (Wildman–Crippen MR) is 117 cm³/mol. The Balaban J connectivity index is 1.50. The van der Waals surface area contributed by atoms with E-state index in [1.54, 1.807) is 31.3 Å². The predicted octanol–water partition coefficient (Wildman–Crippen LogP) is 3.31. The van der Waals surface area contributed by atoms with E-state index in [9.17, 15) is 9.18 Å². The lowest BCUT2D eigenvalue weighted by Crippen LogP contribution is -2.25. The second-order valence-corrected chi connectivity index (χ2v) is 6.94. The number of hydrogen-bond acceptors (Lipinski definition) is 8. The van der Waals surface area contributed by atoms with Crippen LogP contribution in [0.25, 0.3) is 0 Å². The molecule has 3 N–H and O–H groups in total. The van der Waals surface area contributed by atoms with Crippen molar-refractivity contribution in [1.29, 1.82) is 0 Å². The number of carbonyl (C=O) groups is 1. The largest absolute Gasteiger partial charge is 0.486 e. The summed E-state index contributed by atoms with van der Waals surface area (Å²) in [5.74, 6) is 1.10. The maximum absolute atomic E-state index is 14.3. The monoisotopic (exact) mass is 439 g/mol. The van der Waals surface area contributed by atoms with Crippen molar-refractivity contribution < 1.29 is 23.4 Å². The molecular formula is C22H22FN5O4. The molecule has 9 nitrogen and oxygen atoms in total. The van der Waals surface area contributed by atoms with Gasteiger partial charge in [0.2, 0.25) is 5.95 Å². The van der Waals surface area contributed by atoms with Crippen LogP contribution in [0, 0.1) is 12.7 Å². The molecule has 0 saturated carbocycles. The molecule has 1 aliphatic rings. The van der Waals surface area contributed by atoms with Crippen molar-refractivity contribution in [1.82, 2.24) is 15.3 Å². The fraction of sp³-hybridized carbons (Fsp3) is 0.227. The number of aryl methyl sites for hydroxylation is 1. The van der Waals surface area contributed by atoms with E-state index in [4.69, 9.17) is 14.2 Å². The summed E-state index contributed by atoms with van der Waals surface area (Å²) in [6, 6.07) is 10.6. The van der Waals surface area contributed by atoms with Gasteiger partial charge in [-0.05, 0) is 30.7 Å². The molecular weight excluding hydrogens is 417 g/mol. The molecule has 4 rings (SSSR count). The van der Waals surface area contributed by atoms with Crippen LogP contribution in [0.1, 0.15) is 5.56 Å². The van der Waals surface area contributed by atoms with Crippen LogP contribution in [0.5, 0.6) is 17.2 Å². The van der Waals surface area contributed by atoms with Gasteiger partial charge in [-0.2, -0.15) is 4.98 Å². The summed E-state index contributed by atoms with van der Waals surface area (Å²) in [6.45, 7) is 2.72. The van der Waals surface area contributed by atoms with Gasteiger partial charge in [0.05, 0.1) is 6.20 Å². The number of rotatable bonds is 7. The highest BCUT2D eigenvalue weighted by Crippen LogP contribution is 2.34. The van der Waals surface area contributed by atoms with E-state index < -0.39 is 5.82 Å². The Labute approximate surface area is 183 Å². The average molecular weight is 439 g/mol. The van der Waals surface area contributed by atoms with E-state index >= 15 is 0 Å². The van der Waals surface area contributed by atoms with Crippen LogP contribution in [0.3, 0.4) is 0 Å². The molecule has 0 spiro atoms. The minimum atomic E-state index is -0.607. The first-order valence-electron chi connectivity index (χ1n) is 9.92. The summed E-state index contributed by atoms with van der Waals surface area (Å²) in [5.41, 5.74) is 2.08. The van der Waals surface area contributed by atoms with Crippen molar-refractivity contribution in [2.24, 2.45) is 0 Å². The summed E-state index contributed by atoms with van der Waals surface area (Å²) in [5, 5.41) is 8.46. The number of ether oxygens (including phenoxy) is 3. The number of fused-ring (bicyclic) bond motifs is 1. The van der Waals surface area contributed by atoms with Crippen molar-refractivity contribution in [3.05, 3.63) is 54.0 Å². The number of nitrogens with one attached hydrogen (secondary N) is 3. The summed E-state index contributed by atoms with van der Waals surface area (Å²) in [7, 11) is 1.54. The Morgan fingerprint density at radius 1 is 1.09 bits per heavy atom. The lowest BCUT2D eigenvalue weighted by Gasteiger charge is -2.19. The molecule has 3 aromatic rings. The molecule has 1 aliphatic heterocycles. The van der Waals surface area contributed by atoms with E-state index in [1.165, 1.54) is 0 Å². The third-order valence-electron chi connectivity index (χ3n) is 4.63. The van der Waals surface area contributed by atoms with Crippen LogP contribution in [0.15, 0.2) is 42.6 Å². The Bertz CT molecular complexity index is 1140. The molecule has 1 aromatic heterocycles. The molecule has 2 aromatic carbocycles. The number of anilines is 4. The highest BCUT2D eigenvalue weighted by atomic mass is 19.1. The second kappa shape index (κ2) is 9.38. The number of aromatic nitrogens is 2. The second-order valence-electron chi connectivity index (χ2n) is 6.94. The van der Waals surface area contributed by atoms with E-state index in [-0.39, 0.29) is 24.3 Å². The molecule has 0 unspecified atom stereocenters. The van der Waals surface area contributed by atoms with Crippen LogP contribution < -0.4 is 30.2 Å². The zero-order chi connectivity index (χ0) is 22.5. The zero-order valence-electron chi connectivity index (χ0n) is 17.6. The normalized spacial score (nSPS) is 12.1. The van der Waals surface area contributed by atoms with Crippen molar-refractivity contribution in [3.63, 3.8) is 0 Å². The number of nitrogens with zero attached hydrogens (tertiary/aromatic N) is 2. The van der Waals surface area contributed by atoms with Crippen molar-refractivity contribution in [2.45, 2.75) is 6.92 Å². The quantitative estimate of drug-likeness (QED) is 0.515. The molecule has 2 heterocycles. The van der Waals surface area contributed by atoms with Crippen LogP contribution in [-0.2, 0) is 4.79 Å². The Hall–Kier alpha value is -4.08. The number of likely N-dealkylation sites (N-methyl/N-ethyl adjacent to an activating group) is 1. The van der Waals surface area contributed by atoms with Gasteiger partial charge in [0.15, 0.2) is 29.7 Å². The van der Waals surface area contributed by atoms with Crippen molar-refractivity contribution in [2.75, 3.05) is 37.5 Å². The molecule has 10 heteroatoms. The SMILES string of the molecule is CNC(=O)COc1cc(Nc2ncc(F)c(Nc3ccc4c(c3)OCCO4)n2)ccc1C. The van der Waals surface area contributed by atoms with E-state index in [0.29, 0.717) is 41.8 Å². The van der Waals surface area contributed by atoms with Crippen LogP contribution >= 0.6 is 0 Å². The Morgan fingerprint density at radius 3 is 2.66 bits per heavy atom. The van der Waals surface area contributed by atoms with Crippen LogP contribution in [-0.4, -0.2) is 42.7 Å². The molecule has 0 atom stereocenters. The average Bonchev–Trinajstić information content (AvgIpc) is 2.81. The minimum absolute atomic E-state index is 0.00220. The van der Waals surface area contributed by atoms with Gasteiger partial charge >= 0.3 is 0 Å². The van der Waals surface area contributed by atoms with Crippen molar-refractivity contribution >= 4 is 29.0 Å². The molecule has 0 radical (unpaired) electrons. The van der Waals surface area contributed by atoms with Gasteiger partial charge in [0, 0.05) is 30.6 Å². The minimum Gasteiger partial charge on any atom is -0.486 e. The molecule has 0 saturated heterocycles. The number of halogens is 1. The summed E-state index contributed by atoms with van der Waals surface area (Å²) >= 11 is 0. The van der Waals surface area contributed by atoms with E-state index in [2.05, 4.69) is 25.9 Å². The summed E-state index contributed by atoms with van der Waals surface area (Å²) in [4.78, 5) is 19.7. The molecule has 166 valence electrons. The molecule has 0 fully saturated rings. The maximum Gasteiger partial charge on any atom is 0.257 e. The number of amides is 1. The highest BCUT2D eigenvalue weighted by Gasteiger charge is 2.14. The summed E-state index contributed by atoms with van der Waals surface area (Å²) < 4.78 is 30.9. The third kappa shape index (κ3) is 4.97. The highest BCUT2D eigenvalue weighted by molar-refractivity contribution is 5.77. The standard InChI is InChI=1S/C22H22FN5O4/c1-13-3-4-15(9-18(13)32-12-20(29)24-2)27-22-25-11-16(23)21(28-22)26-14-5-6-17-19(10-14)31-8-7-30-17/h3-6,9-11H,7-8,12H2,1-2H3,(H,24,29)(H2,25,26,27,28). The van der Waals surface area contributed by atoms with Gasteiger partial charge in [-0.1, -0.05) is 6.07 Å². The molecule has 1 amide bonds. The van der Waals surface area contributed by atoms with Gasteiger partial charge in [0.25, 0.3) is 5.91 Å². The van der Waals surface area contributed by atoms with Crippen molar-refractivity contribution in [3.8, 4) is 17.2 Å². The van der Waals surface area contributed by atoms with E-state index in [1.807, 2.05) is 19.1 Å². The van der Waals surface area contributed by atoms with Gasteiger partial charge in [0.1, 0.15) is 19.0 Å². The zero-order valence-corrected chi connectivity index (χ0v) is 17.6. The molecule has 0 aliphatic carbocycles. The third-order valence-corrected chi connectivity index (χ3v) is 4.63. The Morgan fingerprint density at radius 2 is 1.84 bits per heavy atom. The lowest BCUT2D eigenvalue weighted by molar-refractivity contribution is -0.122. The fourth-order valence-electron chi connectivity index (χ4n) is 2.95. The first-order valence-corrected chi connectivity index (χ1v) is 9.92. The first kappa shape index (κ1) is 21.2. The van der Waals surface area contributed by atoms with Crippen LogP contribution in [0.2, 0.25) is 0 Å². The Kier molecular flexibility index (Phi) is 6.20. The topological polar surface area (TPSA) is 107 Å². The smallest absolute Gasteiger partial charge is 0.257 e. The lowest BCUT2D eigenvalue weighted by atomic mass is 10.2. The van der Waals surface area contributed by atoms with Gasteiger partial charge in [-0.15, -0.1) is 0 Å². The number of benzene rings is 2.